The largest absolute Gasteiger partial charge is 0.452 e. The Hall–Kier alpha value is -2.93. The average Bonchev–Trinajstić information content (AvgIpc) is 2.65. The third-order valence-corrected chi connectivity index (χ3v) is 4.32. The Morgan fingerprint density at radius 2 is 1.96 bits per heavy atom. The minimum atomic E-state index is -0.969. The number of hydrogen-bond acceptors (Lipinski definition) is 5. The number of nitrogens with one attached hydrogen (secondary N) is 1. The van der Waals surface area contributed by atoms with Crippen molar-refractivity contribution in [3.05, 3.63) is 68.7 Å². The molecule has 2 rings (SSSR count). The van der Waals surface area contributed by atoms with E-state index in [-0.39, 0.29) is 16.5 Å². The Balaban J connectivity index is 2.05. The molecule has 0 aromatic heterocycles. The molecule has 1 atom stereocenters. The summed E-state index contributed by atoms with van der Waals surface area (Å²) in [5.74, 6) is -1.25. The molecule has 0 bridgehead atoms. The molecule has 7 nitrogen and oxygen atoms in total. The summed E-state index contributed by atoms with van der Waals surface area (Å²) in [6, 6.07) is 11.0. The lowest BCUT2D eigenvalue weighted by atomic mass is 9.97. The minimum Gasteiger partial charge on any atom is -0.452 e. The van der Waals surface area contributed by atoms with Gasteiger partial charge >= 0.3 is 5.97 Å². The van der Waals surface area contributed by atoms with Crippen molar-refractivity contribution in [2.45, 2.75) is 26.2 Å². The number of nitrogens with zero attached hydrogens (tertiary/aromatic N) is 1. The Labute approximate surface area is 161 Å². The van der Waals surface area contributed by atoms with E-state index in [0.29, 0.717) is 5.69 Å². The highest BCUT2D eigenvalue weighted by atomic mass is 35.5. The second-order valence-electron chi connectivity index (χ2n) is 5.94. The third kappa shape index (κ3) is 5.27. The first-order chi connectivity index (χ1) is 12.8. The molecule has 27 heavy (non-hydrogen) atoms. The van der Waals surface area contributed by atoms with Crippen LogP contribution in [0.2, 0.25) is 5.02 Å². The molecule has 1 amide bonds. The fourth-order valence-electron chi connectivity index (χ4n) is 2.48. The summed E-state index contributed by atoms with van der Waals surface area (Å²) in [6.45, 7) is 3.53. The van der Waals surface area contributed by atoms with Gasteiger partial charge in [-0.05, 0) is 36.1 Å². The zero-order valence-electron chi connectivity index (χ0n) is 14.9. The van der Waals surface area contributed by atoms with E-state index in [0.717, 1.165) is 18.1 Å². The van der Waals surface area contributed by atoms with E-state index in [4.69, 9.17) is 16.3 Å². The van der Waals surface area contributed by atoms with E-state index in [9.17, 15) is 19.7 Å². The highest BCUT2D eigenvalue weighted by Crippen LogP contribution is 2.27. The maximum Gasteiger partial charge on any atom is 0.345 e. The molecule has 0 saturated carbocycles. The lowest BCUT2D eigenvalue weighted by Crippen LogP contribution is -2.22. The molecule has 0 aliphatic heterocycles. The summed E-state index contributed by atoms with van der Waals surface area (Å²) in [6.07, 6.45) is 0.905. The Bertz CT molecular complexity index is 869. The number of benzene rings is 2. The summed E-state index contributed by atoms with van der Waals surface area (Å²) in [4.78, 5) is 34.6. The van der Waals surface area contributed by atoms with Crippen molar-refractivity contribution in [2.75, 3.05) is 11.9 Å². The quantitative estimate of drug-likeness (QED) is 0.424. The normalized spacial score (nSPS) is 11.5. The summed E-state index contributed by atoms with van der Waals surface area (Å²) in [7, 11) is 0. The first kappa shape index (κ1) is 20.4. The van der Waals surface area contributed by atoms with Crippen LogP contribution in [0.15, 0.2) is 42.5 Å². The highest BCUT2D eigenvalue weighted by molar-refractivity contribution is 6.31. The van der Waals surface area contributed by atoms with E-state index in [1.165, 1.54) is 12.1 Å². The van der Waals surface area contributed by atoms with Crippen molar-refractivity contribution in [1.82, 2.24) is 0 Å². The number of halogens is 1. The number of carbonyl (C=O) groups excluding carboxylic acids is 2. The van der Waals surface area contributed by atoms with Crippen molar-refractivity contribution in [1.29, 1.82) is 0 Å². The molecule has 0 saturated heterocycles. The molecule has 0 radical (unpaired) electrons. The van der Waals surface area contributed by atoms with Crippen LogP contribution in [0.1, 0.15) is 42.1 Å². The molecule has 8 heteroatoms. The highest BCUT2D eigenvalue weighted by Gasteiger charge is 2.22. The number of anilines is 1. The van der Waals surface area contributed by atoms with Gasteiger partial charge in [-0.25, -0.2) is 4.79 Å². The maximum absolute atomic E-state index is 12.1. The minimum absolute atomic E-state index is 0.123. The van der Waals surface area contributed by atoms with E-state index in [1.807, 2.05) is 26.0 Å². The van der Waals surface area contributed by atoms with Gasteiger partial charge in [0.2, 0.25) is 0 Å². The van der Waals surface area contributed by atoms with Crippen LogP contribution >= 0.6 is 11.6 Å². The van der Waals surface area contributed by atoms with Gasteiger partial charge in [0.1, 0.15) is 5.56 Å². The van der Waals surface area contributed by atoms with Gasteiger partial charge in [-0.3, -0.25) is 14.9 Å². The topological polar surface area (TPSA) is 98.5 Å². The lowest BCUT2D eigenvalue weighted by Gasteiger charge is -2.15. The Morgan fingerprint density at radius 3 is 2.63 bits per heavy atom. The Kier molecular flexibility index (Phi) is 6.90. The smallest absolute Gasteiger partial charge is 0.345 e. The number of ether oxygens (including phenoxy) is 1. The van der Waals surface area contributed by atoms with Gasteiger partial charge in [-0.2, -0.15) is 0 Å². The summed E-state index contributed by atoms with van der Waals surface area (Å²) >= 11 is 5.71. The predicted octanol–water partition coefficient (Wildman–Crippen LogP) is 4.56. The van der Waals surface area contributed by atoms with Crippen LogP contribution in [0.5, 0.6) is 0 Å². The number of carbonyl (C=O) groups is 2. The number of rotatable bonds is 7. The van der Waals surface area contributed by atoms with Gasteiger partial charge in [0, 0.05) is 16.8 Å². The number of esters is 1. The molecular weight excluding hydrogens is 372 g/mol. The fourth-order valence-corrected chi connectivity index (χ4v) is 2.65. The number of amides is 1. The summed E-state index contributed by atoms with van der Waals surface area (Å²) in [5, 5.41) is 13.9. The van der Waals surface area contributed by atoms with Gasteiger partial charge in [-0.1, -0.05) is 43.6 Å². The van der Waals surface area contributed by atoms with Crippen LogP contribution in [0.4, 0.5) is 11.4 Å². The molecule has 2 aromatic carbocycles. The van der Waals surface area contributed by atoms with Crippen molar-refractivity contribution in [3.8, 4) is 0 Å². The number of para-hydroxylation sites is 1. The Morgan fingerprint density at radius 1 is 1.26 bits per heavy atom. The van der Waals surface area contributed by atoms with Crippen LogP contribution < -0.4 is 5.32 Å². The van der Waals surface area contributed by atoms with Crippen molar-refractivity contribution >= 4 is 34.9 Å². The lowest BCUT2D eigenvalue weighted by molar-refractivity contribution is -0.385. The summed E-state index contributed by atoms with van der Waals surface area (Å²) < 4.78 is 4.92. The van der Waals surface area contributed by atoms with Gasteiger partial charge in [-0.15, -0.1) is 0 Å². The van der Waals surface area contributed by atoms with Crippen LogP contribution in [0.3, 0.4) is 0 Å². The monoisotopic (exact) mass is 390 g/mol. The van der Waals surface area contributed by atoms with Crippen molar-refractivity contribution in [3.63, 3.8) is 0 Å². The second-order valence-corrected chi connectivity index (χ2v) is 6.38. The van der Waals surface area contributed by atoms with Crippen molar-refractivity contribution < 1.29 is 19.2 Å². The van der Waals surface area contributed by atoms with Gasteiger partial charge in [0.05, 0.1) is 4.92 Å². The number of hydrogen-bond donors (Lipinski definition) is 1. The molecule has 0 aliphatic carbocycles. The average molecular weight is 391 g/mol. The van der Waals surface area contributed by atoms with Crippen LogP contribution in [-0.2, 0) is 9.53 Å². The number of nitro benzene ring substituents is 1. The molecule has 2 aromatic rings. The SMILES string of the molecule is CC[C@@H](C)c1ccccc1NC(=O)COC(=O)c1ccc(Cl)cc1[N+](=O)[O-]. The predicted molar refractivity (Wildman–Crippen MR) is 102 cm³/mol. The van der Waals surface area contributed by atoms with Gasteiger partial charge in [0.25, 0.3) is 11.6 Å². The first-order valence-corrected chi connectivity index (χ1v) is 8.71. The summed E-state index contributed by atoms with van der Waals surface area (Å²) in [5.41, 5.74) is 0.880. The van der Waals surface area contributed by atoms with E-state index < -0.39 is 29.1 Å². The zero-order valence-corrected chi connectivity index (χ0v) is 15.7. The van der Waals surface area contributed by atoms with Crippen molar-refractivity contribution in [2.24, 2.45) is 0 Å². The zero-order chi connectivity index (χ0) is 20.0. The van der Waals surface area contributed by atoms with Crippen LogP contribution in [0.25, 0.3) is 0 Å². The van der Waals surface area contributed by atoms with Crippen LogP contribution in [-0.4, -0.2) is 23.4 Å². The molecule has 0 aliphatic rings. The van der Waals surface area contributed by atoms with E-state index >= 15 is 0 Å². The van der Waals surface area contributed by atoms with Gasteiger partial charge in [0.15, 0.2) is 6.61 Å². The standard InChI is InChI=1S/C19H19ClN2O5/c1-3-12(2)14-6-4-5-7-16(14)21-18(23)11-27-19(24)15-9-8-13(20)10-17(15)22(25)26/h4-10,12H,3,11H2,1-2H3,(H,21,23)/t12-/m1/s1. The maximum atomic E-state index is 12.1. The fraction of sp³-hybridized carbons (Fsp3) is 0.263. The molecule has 1 N–H and O–H groups in total. The van der Waals surface area contributed by atoms with E-state index in [1.54, 1.807) is 12.1 Å². The molecule has 0 unspecified atom stereocenters. The second kappa shape index (κ2) is 9.14. The molecule has 0 heterocycles. The number of nitro groups is 1. The third-order valence-electron chi connectivity index (χ3n) is 4.09. The first-order valence-electron chi connectivity index (χ1n) is 8.33. The molecule has 142 valence electrons. The molecular formula is C19H19ClN2O5. The van der Waals surface area contributed by atoms with Crippen LogP contribution in [0, 0.1) is 10.1 Å². The molecule has 0 fully saturated rings. The molecule has 0 spiro atoms. The van der Waals surface area contributed by atoms with E-state index in [2.05, 4.69) is 5.32 Å². The van der Waals surface area contributed by atoms with Gasteiger partial charge < -0.3 is 10.1 Å².